The summed E-state index contributed by atoms with van der Waals surface area (Å²) in [6.07, 6.45) is 2.50. The van der Waals surface area contributed by atoms with E-state index in [4.69, 9.17) is 5.11 Å². The van der Waals surface area contributed by atoms with Crippen LogP contribution >= 0.6 is 0 Å². The van der Waals surface area contributed by atoms with E-state index < -0.39 is 5.97 Å². The van der Waals surface area contributed by atoms with Crippen LogP contribution in [0.5, 0.6) is 0 Å². The van der Waals surface area contributed by atoms with Crippen molar-refractivity contribution in [3.05, 3.63) is 29.8 Å². The molecule has 3 N–H and O–H groups in total. The fourth-order valence-corrected chi connectivity index (χ4v) is 2.79. The van der Waals surface area contributed by atoms with Gasteiger partial charge in [0.25, 0.3) is 5.91 Å². The van der Waals surface area contributed by atoms with Gasteiger partial charge in [0, 0.05) is 31.4 Å². The first-order valence-corrected chi connectivity index (χ1v) is 7.99. The second kappa shape index (κ2) is 7.81. The molecular formula is C17H23N3O4. The molecule has 7 nitrogen and oxygen atoms in total. The molecule has 2 rings (SSSR count). The topological polar surface area (TPSA) is 98.7 Å². The molecule has 1 aromatic rings. The number of carbonyl (C=O) groups excluding carboxylic acids is 2. The zero-order valence-corrected chi connectivity index (χ0v) is 13.9. The Labute approximate surface area is 141 Å². The first-order chi connectivity index (χ1) is 11.4. The van der Waals surface area contributed by atoms with E-state index in [1.165, 1.54) is 4.90 Å². The molecule has 0 heterocycles. The number of benzene rings is 1. The van der Waals surface area contributed by atoms with Crippen LogP contribution in [-0.2, 0) is 4.79 Å². The predicted molar refractivity (Wildman–Crippen MR) is 90.0 cm³/mol. The Bertz CT molecular complexity index is 605. The van der Waals surface area contributed by atoms with Crippen molar-refractivity contribution in [1.29, 1.82) is 0 Å². The van der Waals surface area contributed by atoms with Crippen LogP contribution in [0.1, 0.15) is 36.0 Å². The third kappa shape index (κ3) is 4.71. The van der Waals surface area contributed by atoms with Crippen LogP contribution < -0.4 is 10.6 Å². The summed E-state index contributed by atoms with van der Waals surface area (Å²) in [6, 6.07) is 6.36. The summed E-state index contributed by atoms with van der Waals surface area (Å²) in [5, 5.41) is 14.6. The molecule has 3 amide bonds. The maximum absolute atomic E-state index is 12.0. The molecular weight excluding hydrogens is 310 g/mol. The molecule has 24 heavy (non-hydrogen) atoms. The lowest BCUT2D eigenvalue weighted by Gasteiger charge is -2.26. The number of hydrogen-bond acceptors (Lipinski definition) is 3. The van der Waals surface area contributed by atoms with Crippen LogP contribution in [0.4, 0.5) is 10.5 Å². The van der Waals surface area contributed by atoms with Gasteiger partial charge in [0.1, 0.15) is 0 Å². The number of nitrogens with one attached hydrogen (secondary N) is 2. The number of urea groups is 1. The third-order valence-corrected chi connectivity index (χ3v) is 4.21. The number of anilines is 1. The van der Waals surface area contributed by atoms with Gasteiger partial charge in [-0.25, -0.2) is 4.79 Å². The quantitative estimate of drug-likeness (QED) is 0.786. The van der Waals surface area contributed by atoms with Gasteiger partial charge in [-0.05, 0) is 49.9 Å². The fraction of sp³-hybridized carbons (Fsp3) is 0.471. The molecule has 1 aliphatic rings. The number of nitrogens with zero attached hydrogens (tertiary/aromatic N) is 1. The van der Waals surface area contributed by atoms with Gasteiger partial charge in [-0.15, -0.1) is 0 Å². The number of hydrogen-bond donors (Lipinski definition) is 3. The van der Waals surface area contributed by atoms with Crippen molar-refractivity contribution in [3.63, 3.8) is 0 Å². The number of amides is 3. The summed E-state index contributed by atoms with van der Waals surface area (Å²) in [4.78, 5) is 36.2. The van der Waals surface area contributed by atoms with Crippen molar-refractivity contribution >= 4 is 23.6 Å². The Kier molecular flexibility index (Phi) is 5.78. The highest BCUT2D eigenvalue weighted by Gasteiger charge is 2.26. The summed E-state index contributed by atoms with van der Waals surface area (Å²) in [5.74, 6) is -1.15. The van der Waals surface area contributed by atoms with Crippen LogP contribution in [0.3, 0.4) is 0 Å². The van der Waals surface area contributed by atoms with E-state index in [2.05, 4.69) is 10.6 Å². The molecule has 0 aromatic heterocycles. The molecule has 1 fully saturated rings. The number of carbonyl (C=O) groups is 3. The number of rotatable bonds is 4. The summed E-state index contributed by atoms with van der Waals surface area (Å²) < 4.78 is 0. The van der Waals surface area contributed by atoms with Gasteiger partial charge in [-0.1, -0.05) is 0 Å². The molecule has 0 aliphatic heterocycles. The minimum Gasteiger partial charge on any atom is -0.481 e. The zero-order valence-electron chi connectivity index (χ0n) is 13.9. The highest BCUT2D eigenvalue weighted by molar-refractivity contribution is 5.95. The Morgan fingerprint density at radius 1 is 1.04 bits per heavy atom. The summed E-state index contributed by atoms with van der Waals surface area (Å²) in [6.45, 7) is 0. The summed E-state index contributed by atoms with van der Waals surface area (Å²) in [7, 11) is 3.36. The average Bonchev–Trinajstić information content (AvgIpc) is 2.55. The lowest BCUT2D eigenvalue weighted by molar-refractivity contribution is -0.142. The van der Waals surface area contributed by atoms with Crippen LogP contribution in [0, 0.1) is 5.92 Å². The molecule has 0 unspecified atom stereocenters. The minimum absolute atomic E-state index is 0.00445. The molecule has 1 saturated carbocycles. The van der Waals surface area contributed by atoms with Gasteiger partial charge in [0.05, 0.1) is 5.92 Å². The minimum atomic E-state index is -0.759. The maximum Gasteiger partial charge on any atom is 0.319 e. The molecule has 0 bridgehead atoms. The van der Waals surface area contributed by atoms with Gasteiger partial charge in [-0.3, -0.25) is 9.59 Å². The molecule has 130 valence electrons. The number of carboxylic acids is 1. The van der Waals surface area contributed by atoms with Crippen LogP contribution in [0.25, 0.3) is 0 Å². The molecule has 0 radical (unpaired) electrons. The first kappa shape index (κ1) is 17.8. The van der Waals surface area contributed by atoms with Crippen LogP contribution in [0.15, 0.2) is 24.3 Å². The SMILES string of the molecule is CN(C)C(=O)c1ccc(NC(=O)NC2CCC(C(=O)O)CC2)cc1. The average molecular weight is 333 g/mol. The lowest BCUT2D eigenvalue weighted by atomic mass is 9.86. The standard InChI is InChI=1S/C17H23N3O4/c1-20(2)15(21)11-3-7-13(8-4-11)18-17(24)19-14-9-5-12(6-10-14)16(22)23/h3-4,7-8,12,14H,5-6,9-10H2,1-2H3,(H,22,23)(H2,18,19,24). The van der Waals surface area contributed by atoms with E-state index in [0.29, 0.717) is 36.9 Å². The van der Waals surface area contributed by atoms with Gasteiger partial charge < -0.3 is 20.6 Å². The van der Waals surface area contributed by atoms with E-state index >= 15 is 0 Å². The first-order valence-electron chi connectivity index (χ1n) is 7.99. The molecule has 0 saturated heterocycles. The smallest absolute Gasteiger partial charge is 0.319 e. The second-order valence-electron chi connectivity index (χ2n) is 6.26. The second-order valence-corrected chi connectivity index (χ2v) is 6.26. The normalized spacial score (nSPS) is 20.1. The largest absolute Gasteiger partial charge is 0.481 e. The van der Waals surface area contributed by atoms with Crippen molar-refractivity contribution in [2.45, 2.75) is 31.7 Å². The van der Waals surface area contributed by atoms with E-state index in [1.807, 2.05) is 0 Å². The molecule has 0 atom stereocenters. The predicted octanol–water partition coefficient (Wildman–Crippen LogP) is 2.15. The number of aliphatic carboxylic acids is 1. The zero-order chi connectivity index (χ0) is 17.7. The van der Waals surface area contributed by atoms with Crippen molar-refractivity contribution in [2.75, 3.05) is 19.4 Å². The molecule has 0 spiro atoms. The van der Waals surface area contributed by atoms with Gasteiger partial charge >= 0.3 is 12.0 Å². The van der Waals surface area contributed by atoms with E-state index in [0.717, 1.165) is 0 Å². The highest BCUT2D eigenvalue weighted by atomic mass is 16.4. The summed E-state index contributed by atoms with van der Waals surface area (Å²) >= 11 is 0. The Morgan fingerprint density at radius 3 is 2.12 bits per heavy atom. The molecule has 1 aromatic carbocycles. The molecule has 7 heteroatoms. The Hall–Kier alpha value is -2.57. The summed E-state index contributed by atoms with van der Waals surface area (Å²) in [5.41, 5.74) is 1.15. The highest BCUT2D eigenvalue weighted by Crippen LogP contribution is 2.24. The van der Waals surface area contributed by atoms with E-state index in [-0.39, 0.29) is 23.9 Å². The van der Waals surface area contributed by atoms with E-state index in [9.17, 15) is 14.4 Å². The Balaban J connectivity index is 1.82. The lowest BCUT2D eigenvalue weighted by Crippen LogP contribution is -2.40. The van der Waals surface area contributed by atoms with Gasteiger partial charge in [0.15, 0.2) is 0 Å². The Morgan fingerprint density at radius 2 is 1.62 bits per heavy atom. The monoisotopic (exact) mass is 333 g/mol. The van der Waals surface area contributed by atoms with Crippen molar-refractivity contribution < 1.29 is 19.5 Å². The van der Waals surface area contributed by atoms with Crippen molar-refractivity contribution in [2.24, 2.45) is 5.92 Å². The van der Waals surface area contributed by atoms with E-state index in [1.54, 1.807) is 38.4 Å². The van der Waals surface area contributed by atoms with Crippen molar-refractivity contribution in [3.8, 4) is 0 Å². The van der Waals surface area contributed by atoms with Crippen LogP contribution in [-0.4, -0.2) is 48.1 Å². The third-order valence-electron chi connectivity index (χ3n) is 4.21. The maximum atomic E-state index is 12.0. The van der Waals surface area contributed by atoms with Crippen molar-refractivity contribution in [1.82, 2.24) is 10.2 Å². The number of carboxylic acid groups (broad SMARTS) is 1. The fourth-order valence-electron chi connectivity index (χ4n) is 2.79. The van der Waals surface area contributed by atoms with Gasteiger partial charge in [-0.2, -0.15) is 0 Å². The molecule has 1 aliphatic carbocycles. The van der Waals surface area contributed by atoms with Crippen LogP contribution in [0.2, 0.25) is 0 Å². The van der Waals surface area contributed by atoms with Gasteiger partial charge in [0.2, 0.25) is 0 Å².